The van der Waals surface area contributed by atoms with E-state index in [0.717, 1.165) is 11.6 Å². The van der Waals surface area contributed by atoms with Crippen LogP contribution in [0.25, 0.3) is 0 Å². The third-order valence-electron chi connectivity index (χ3n) is 1.47. The lowest BCUT2D eigenvalue weighted by Gasteiger charge is -2.13. The molecule has 1 N–H and O–H groups in total. The Balaban J connectivity index is 5.05. The molecule has 0 atom stereocenters. The molecule has 0 rings (SSSR count). The van der Waals surface area contributed by atoms with E-state index in [1.807, 2.05) is 0 Å². The van der Waals surface area contributed by atoms with E-state index in [9.17, 15) is 8.78 Å². The number of aliphatic hydroxyl groups excluding tert-OH is 1. The van der Waals surface area contributed by atoms with Gasteiger partial charge in [0.25, 0.3) is 5.92 Å². The molecule has 78 valence electrons. The van der Waals surface area contributed by atoms with Gasteiger partial charge < -0.3 is 5.11 Å². The van der Waals surface area contributed by atoms with Gasteiger partial charge in [0.2, 0.25) is 0 Å². The van der Waals surface area contributed by atoms with Gasteiger partial charge in [0.1, 0.15) is 6.61 Å². The first-order valence-electron chi connectivity index (χ1n) is 4.14. The quantitative estimate of drug-likeness (QED) is 0.546. The minimum Gasteiger partial charge on any atom is -0.390 e. The van der Waals surface area contributed by atoms with E-state index in [-0.39, 0.29) is 5.57 Å². The monoisotopic (exact) mass is 200 g/mol. The van der Waals surface area contributed by atoms with E-state index in [0.29, 0.717) is 0 Å². The molecule has 0 aliphatic heterocycles. The molecule has 0 saturated carbocycles. The van der Waals surface area contributed by atoms with Gasteiger partial charge in [-0.3, -0.25) is 0 Å². The van der Waals surface area contributed by atoms with Crippen LogP contribution in [-0.2, 0) is 0 Å². The van der Waals surface area contributed by atoms with Crippen LogP contribution in [0.5, 0.6) is 0 Å². The highest BCUT2D eigenvalue weighted by Crippen LogP contribution is 2.24. The van der Waals surface area contributed by atoms with Crippen LogP contribution in [-0.4, -0.2) is 17.6 Å². The molecule has 0 aromatic rings. The van der Waals surface area contributed by atoms with Crippen molar-refractivity contribution in [3.8, 4) is 0 Å². The largest absolute Gasteiger partial charge is 0.390 e. The van der Waals surface area contributed by atoms with E-state index in [1.54, 1.807) is 19.9 Å². The van der Waals surface area contributed by atoms with Crippen molar-refractivity contribution in [1.82, 2.24) is 0 Å². The zero-order chi connectivity index (χ0) is 11.2. The van der Waals surface area contributed by atoms with Crippen LogP contribution < -0.4 is 0 Å². The van der Waals surface area contributed by atoms with Crippen LogP contribution in [0.1, 0.15) is 13.8 Å². The first-order chi connectivity index (χ1) is 6.44. The van der Waals surface area contributed by atoms with Gasteiger partial charge in [0.15, 0.2) is 0 Å². The Morgan fingerprint density at radius 3 is 2.36 bits per heavy atom. The van der Waals surface area contributed by atoms with Crippen LogP contribution >= 0.6 is 0 Å². The summed E-state index contributed by atoms with van der Waals surface area (Å²) in [6.45, 7) is 5.59. The second-order valence-electron chi connectivity index (χ2n) is 3.08. The molecule has 0 unspecified atom stereocenters. The van der Waals surface area contributed by atoms with Crippen molar-refractivity contribution in [2.45, 2.75) is 19.8 Å². The van der Waals surface area contributed by atoms with E-state index in [2.05, 4.69) is 12.3 Å². The van der Waals surface area contributed by atoms with E-state index in [4.69, 9.17) is 5.11 Å². The summed E-state index contributed by atoms with van der Waals surface area (Å²) in [5.41, 5.74) is 2.87. The zero-order valence-electron chi connectivity index (χ0n) is 8.35. The van der Waals surface area contributed by atoms with Crippen LogP contribution in [0.15, 0.2) is 41.7 Å². The molecule has 0 radical (unpaired) electrons. The summed E-state index contributed by atoms with van der Waals surface area (Å²) in [6.07, 6.45) is 3.87. The zero-order valence-corrected chi connectivity index (χ0v) is 8.35. The fraction of sp³-hybridized carbons (Fsp3) is 0.364. The van der Waals surface area contributed by atoms with Gasteiger partial charge in [-0.1, -0.05) is 24.3 Å². The second-order valence-corrected chi connectivity index (χ2v) is 3.08. The number of hydrogen-bond acceptors (Lipinski definition) is 1. The van der Waals surface area contributed by atoms with Crippen molar-refractivity contribution >= 4 is 0 Å². The van der Waals surface area contributed by atoms with Gasteiger partial charge in [-0.25, -0.2) is 0 Å². The van der Waals surface area contributed by atoms with Gasteiger partial charge >= 0.3 is 0 Å². The predicted octanol–water partition coefficient (Wildman–Crippen LogP) is 2.85. The lowest BCUT2D eigenvalue weighted by atomic mass is 10.1. The number of halogens is 2. The smallest absolute Gasteiger partial charge is 0.296 e. The van der Waals surface area contributed by atoms with Crippen LogP contribution in [0.3, 0.4) is 0 Å². The molecule has 1 nitrogen and oxygen atoms in total. The molecule has 0 fully saturated rings. The number of aliphatic hydroxyl groups is 1. The number of alkyl halides is 2. The van der Waals surface area contributed by atoms with Gasteiger partial charge in [-0.2, -0.15) is 8.78 Å². The lowest BCUT2D eigenvalue weighted by molar-refractivity contribution is -0.0125. The van der Waals surface area contributed by atoms with Crippen molar-refractivity contribution in [2.75, 3.05) is 6.61 Å². The molecule has 0 aromatic heterocycles. The Hall–Kier alpha value is -1.18. The molecule has 0 amide bonds. The van der Waals surface area contributed by atoms with Gasteiger partial charge in [-0.05, 0) is 19.9 Å². The molecule has 14 heavy (non-hydrogen) atoms. The average molecular weight is 200 g/mol. The fourth-order valence-electron chi connectivity index (χ4n) is 0.733. The summed E-state index contributed by atoms with van der Waals surface area (Å²) in [5, 5.41) is 8.48. The maximum Gasteiger partial charge on any atom is 0.296 e. The summed E-state index contributed by atoms with van der Waals surface area (Å²) in [4.78, 5) is 0. The average Bonchev–Trinajstić information content (AvgIpc) is 2.11. The van der Waals surface area contributed by atoms with Gasteiger partial charge in [0, 0.05) is 5.57 Å². The minimum absolute atomic E-state index is 0.295. The minimum atomic E-state index is -3.24. The molecule has 0 bridgehead atoms. The highest BCUT2D eigenvalue weighted by atomic mass is 19.3. The number of rotatable bonds is 4. The fourth-order valence-corrected chi connectivity index (χ4v) is 0.733. The maximum atomic E-state index is 13.0. The van der Waals surface area contributed by atoms with E-state index in [1.165, 1.54) is 6.08 Å². The molecular weight excluding hydrogens is 186 g/mol. The van der Waals surface area contributed by atoms with Crippen LogP contribution in [0, 0.1) is 0 Å². The molecule has 0 heterocycles. The summed E-state index contributed by atoms with van der Waals surface area (Å²) < 4.78 is 26.0. The number of hydrogen-bond donors (Lipinski definition) is 1. The molecule has 0 saturated heterocycles. The normalized spacial score (nSPS) is 11.9. The molecular formula is C11H14F2O. The standard InChI is InChI=1S/C11H14F2O/c1-4-5-10(7-6-9(2)3)11(12,13)8-14/h5-7,14H,1,8H2,2-3H3/b10-7+. The molecule has 0 aromatic carbocycles. The summed E-state index contributed by atoms with van der Waals surface area (Å²) in [6, 6.07) is 0. The topological polar surface area (TPSA) is 20.2 Å². The molecule has 0 aliphatic carbocycles. The highest BCUT2D eigenvalue weighted by Gasteiger charge is 2.31. The Bertz CT molecular complexity index is 290. The Morgan fingerprint density at radius 2 is 2.00 bits per heavy atom. The van der Waals surface area contributed by atoms with Crippen molar-refractivity contribution in [3.05, 3.63) is 41.7 Å². The third-order valence-corrected chi connectivity index (χ3v) is 1.47. The summed E-state index contributed by atoms with van der Waals surface area (Å²) in [7, 11) is 0. The molecule has 0 aliphatic rings. The third kappa shape index (κ3) is 4.17. The number of allylic oxidation sites excluding steroid dienone is 4. The Morgan fingerprint density at radius 1 is 1.43 bits per heavy atom. The van der Waals surface area contributed by atoms with Crippen molar-refractivity contribution in [3.63, 3.8) is 0 Å². The maximum absolute atomic E-state index is 13.0. The van der Waals surface area contributed by atoms with Crippen molar-refractivity contribution in [2.24, 2.45) is 0 Å². The summed E-state index contributed by atoms with van der Waals surface area (Å²) in [5.74, 6) is -3.24. The molecule has 0 spiro atoms. The molecule has 3 heteroatoms. The Labute approximate surface area is 82.8 Å². The first kappa shape index (κ1) is 12.8. The van der Waals surface area contributed by atoms with Crippen molar-refractivity contribution in [1.29, 1.82) is 0 Å². The van der Waals surface area contributed by atoms with Gasteiger partial charge in [0.05, 0.1) is 0 Å². The summed E-state index contributed by atoms with van der Waals surface area (Å²) >= 11 is 0. The Kier molecular flexibility index (Phi) is 5.06. The SMILES string of the molecule is C=C=C/C(=C\C=C(C)C)C(F)(F)CO. The van der Waals surface area contributed by atoms with E-state index >= 15 is 0 Å². The van der Waals surface area contributed by atoms with Gasteiger partial charge in [-0.15, -0.1) is 5.73 Å². The van der Waals surface area contributed by atoms with Crippen molar-refractivity contribution < 1.29 is 13.9 Å². The van der Waals surface area contributed by atoms with E-state index < -0.39 is 12.5 Å². The van der Waals surface area contributed by atoms with Crippen LogP contribution in [0.2, 0.25) is 0 Å². The second kappa shape index (κ2) is 5.53. The first-order valence-corrected chi connectivity index (χ1v) is 4.14. The lowest BCUT2D eigenvalue weighted by Crippen LogP contribution is -2.23. The highest BCUT2D eigenvalue weighted by molar-refractivity contribution is 5.30. The predicted molar refractivity (Wildman–Crippen MR) is 53.3 cm³/mol. The van der Waals surface area contributed by atoms with Crippen LogP contribution in [0.4, 0.5) is 8.78 Å².